The van der Waals surface area contributed by atoms with Crippen molar-refractivity contribution in [1.29, 1.82) is 0 Å². The lowest BCUT2D eigenvalue weighted by molar-refractivity contribution is -0.137. The fourth-order valence-electron chi connectivity index (χ4n) is 5.29. The molecule has 0 saturated carbocycles. The number of nitrogens with zero attached hydrogens (tertiary/aromatic N) is 6. The first-order chi connectivity index (χ1) is 20.9. The Morgan fingerprint density at radius 1 is 1.07 bits per heavy atom. The Labute approximate surface area is 254 Å². The maximum absolute atomic E-state index is 13.2. The summed E-state index contributed by atoms with van der Waals surface area (Å²) in [6.07, 6.45) is -2.38. The zero-order valence-electron chi connectivity index (χ0n) is 25.1. The molecular formula is C31H36F3N9O. The summed E-state index contributed by atoms with van der Waals surface area (Å²) in [5.41, 5.74) is 8.46. The van der Waals surface area contributed by atoms with E-state index in [0.717, 1.165) is 49.3 Å². The third kappa shape index (κ3) is 7.34. The Morgan fingerprint density at radius 3 is 2.52 bits per heavy atom. The van der Waals surface area contributed by atoms with E-state index in [0.29, 0.717) is 41.3 Å². The van der Waals surface area contributed by atoms with Gasteiger partial charge in [-0.3, -0.25) is 9.69 Å². The third-order valence-electron chi connectivity index (χ3n) is 7.77. The van der Waals surface area contributed by atoms with Crippen LogP contribution >= 0.6 is 0 Å². The molecule has 13 heteroatoms. The first kappa shape index (κ1) is 31.0. The van der Waals surface area contributed by atoms with E-state index >= 15 is 0 Å². The number of nitrogens with two attached hydrogens (primary N) is 1. The zero-order chi connectivity index (χ0) is 31.6. The lowest BCUT2D eigenvalue weighted by Gasteiger charge is -2.34. The number of aryl methyl sites for hydroxylation is 2. The molecule has 1 fully saturated rings. The molecule has 4 aromatic rings. The molecule has 1 amide bonds. The maximum atomic E-state index is 13.2. The standard InChI is InChI=1S/C31H36F3N9O/c1-19-8-9-23(37-29(44)21-6-5-7-22(15-21)31(32,33)34)16-26(19)38-28-17-24(18-42(4)25-10-12-41(3)13-11-25)40-43(28)27-14-20(2)36-30(35)39-27/h5-9,14-17,25,38H,10-13,18H2,1-4H3,(H,37,44)(H2,35,36,39). The number of aromatic nitrogens is 4. The van der Waals surface area contributed by atoms with Gasteiger partial charge in [0.25, 0.3) is 5.91 Å². The van der Waals surface area contributed by atoms with E-state index in [9.17, 15) is 18.0 Å². The highest BCUT2D eigenvalue weighted by Gasteiger charge is 2.31. The summed E-state index contributed by atoms with van der Waals surface area (Å²) in [7, 11) is 4.24. The molecule has 0 radical (unpaired) electrons. The second-order valence-electron chi connectivity index (χ2n) is 11.3. The molecule has 44 heavy (non-hydrogen) atoms. The SMILES string of the molecule is Cc1cc(-n2nc(CN(C)C3CCN(C)CC3)cc2Nc2cc(NC(=O)c3cccc(C(F)(F)F)c3)ccc2C)nc(N)n1. The molecule has 0 atom stereocenters. The van der Waals surface area contributed by atoms with Crippen LogP contribution < -0.4 is 16.4 Å². The summed E-state index contributed by atoms with van der Waals surface area (Å²) in [4.78, 5) is 26.1. The molecule has 0 bridgehead atoms. The van der Waals surface area contributed by atoms with E-state index < -0.39 is 17.6 Å². The fraction of sp³-hybridized carbons (Fsp3) is 0.355. The van der Waals surface area contributed by atoms with E-state index in [1.165, 1.54) is 12.1 Å². The number of halogens is 3. The van der Waals surface area contributed by atoms with Gasteiger partial charge >= 0.3 is 6.18 Å². The number of rotatable bonds is 8. The van der Waals surface area contributed by atoms with Crippen LogP contribution in [0.2, 0.25) is 0 Å². The zero-order valence-corrected chi connectivity index (χ0v) is 25.1. The highest BCUT2D eigenvalue weighted by Crippen LogP contribution is 2.31. The van der Waals surface area contributed by atoms with E-state index in [1.54, 1.807) is 22.9 Å². The molecule has 4 N–H and O–H groups in total. The smallest absolute Gasteiger partial charge is 0.368 e. The van der Waals surface area contributed by atoms with Crippen LogP contribution in [0.1, 0.15) is 45.7 Å². The van der Waals surface area contributed by atoms with Crippen molar-refractivity contribution >= 4 is 29.0 Å². The molecule has 1 aliphatic rings. The molecule has 232 valence electrons. The minimum Gasteiger partial charge on any atom is -0.368 e. The predicted molar refractivity (Wildman–Crippen MR) is 164 cm³/mol. The van der Waals surface area contributed by atoms with Crippen molar-refractivity contribution < 1.29 is 18.0 Å². The predicted octanol–water partition coefficient (Wildman–Crippen LogP) is 5.40. The topological polar surface area (TPSA) is 117 Å². The fourth-order valence-corrected chi connectivity index (χ4v) is 5.29. The number of hydrogen-bond acceptors (Lipinski definition) is 8. The van der Waals surface area contributed by atoms with E-state index in [-0.39, 0.29) is 11.5 Å². The highest BCUT2D eigenvalue weighted by atomic mass is 19.4. The number of alkyl halides is 3. The highest BCUT2D eigenvalue weighted by molar-refractivity contribution is 6.04. The molecule has 5 rings (SSSR count). The maximum Gasteiger partial charge on any atom is 0.416 e. The van der Waals surface area contributed by atoms with Crippen molar-refractivity contribution in [1.82, 2.24) is 29.5 Å². The minimum absolute atomic E-state index is 0.0944. The summed E-state index contributed by atoms with van der Waals surface area (Å²) in [5, 5.41) is 11.0. The van der Waals surface area contributed by atoms with Gasteiger partial charge in [-0.25, -0.2) is 4.98 Å². The minimum atomic E-state index is -4.55. The lowest BCUT2D eigenvalue weighted by atomic mass is 10.0. The summed E-state index contributed by atoms with van der Waals surface area (Å²) in [6, 6.07) is 13.7. The van der Waals surface area contributed by atoms with Gasteiger partial charge in [0.15, 0.2) is 5.82 Å². The Bertz CT molecular complexity index is 1620. The molecule has 1 saturated heterocycles. The molecule has 2 aromatic carbocycles. The number of nitrogens with one attached hydrogen (secondary N) is 2. The normalized spacial score (nSPS) is 14.6. The summed E-state index contributed by atoms with van der Waals surface area (Å²) < 4.78 is 41.2. The number of carbonyl (C=O) groups is 1. The largest absolute Gasteiger partial charge is 0.416 e. The van der Waals surface area contributed by atoms with Gasteiger partial charge in [0, 0.05) is 47.4 Å². The van der Waals surface area contributed by atoms with Crippen molar-refractivity contribution in [2.75, 3.05) is 43.6 Å². The number of anilines is 4. The molecule has 0 unspecified atom stereocenters. The number of piperidine rings is 1. The quantitative estimate of drug-likeness (QED) is 0.244. The van der Waals surface area contributed by atoms with Gasteiger partial charge in [-0.15, -0.1) is 0 Å². The summed E-state index contributed by atoms with van der Waals surface area (Å²) >= 11 is 0. The number of amides is 1. The first-order valence-corrected chi connectivity index (χ1v) is 14.3. The molecule has 1 aliphatic heterocycles. The average molecular weight is 608 g/mol. The van der Waals surface area contributed by atoms with Crippen molar-refractivity contribution in [3.05, 3.63) is 82.7 Å². The van der Waals surface area contributed by atoms with Crippen LogP contribution in [0.25, 0.3) is 5.82 Å². The van der Waals surface area contributed by atoms with Crippen LogP contribution in [-0.4, -0.2) is 68.7 Å². The van der Waals surface area contributed by atoms with Crippen molar-refractivity contribution in [2.45, 2.75) is 45.5 Å². The Balaban J connectivity index is 1.41. The van der Waals surface area contributed by atoms with Crippen molar-refractivity contribution in [2.24, 2.45) is 0 Å². The van der Waals surface area contributed by atoms with E-state index in [2.05, 4.69) is 44.5 Å². The van der Waals surface area contributed by atoms with Crippen LogP contribution in [0.3, 0.4) is 0 Å². The van der Waals surface area contributed by atoms with Gasteiger partial charge in [0.05, 0.1) is 11.3 Å². The van der Waals surface area contributed by atoms with Gasteiger partial charge in [-0.2, -0.15) is 27.9 Å². The number of carbonyl (C=O) groups excluding carboxylic acids is 1. The molecule has 2 aromatic heterocycles. The number of benzene rings is 2. The monoisotopic (exact) mass is 607 g/mol. The van der Waals surface area contributed by atoms with Crippen LogP contribution in [0, 0.1) is 13.8 Å². The second kappa shape index (κ2) is 12.6. The van der Waals surface area contributed by atoms with Crippen LogP contribution in [0.5, 0.6) is 0 Å². The van der Waals surface area contributed by atoms with E-state index in [1.807, 2.05) is 26.0 Å². The van der Waals surface area contributed by atoms with Crippen molar-refractivity contribution in [3.8, 4) is 5.82 Å². The molecule has 0 aliphatic carbocycles. The molecular weight excluding hydrogens is 571 g/mol. The van der Waals surface area contributed by atoms with Crippen molar-refractivity contribution in [3.63, 3.8) is 0 Å². The number of likely N-dealkylation sites (tertiary alicyclic amines) is 1. The lowest BCUT2D eigenvalue weighted by Crippen LogP contribution is -2.41. The molecule has 10 nitrogen and oxygen atoms in total. The van der Waals surface area contributed by atoms with Gasteiger partial charge in [0.1, 0.15) is 5.82 Å². The van der Waals surface area contributed by atoms with Gasteiger partial charge in [-0.05, 0) is 89.8 Å². The Hall–Kier alpha value is -4.49. The number of nitrogen functional groups attached to an aromatic ring is 1. The van der Waals surface area contributed by atoms with Gasteiger partial charge in [-0.1, -0.05) is 12.1 Å². The van der Waals surface area contributed by atoms with E-state index in [4.69, 9.17) is 10.8 Å². The summed E-state index contributed by atoms with van der Waals surface area (Å²) in [6.45, 7) is 6.46. The van der Waals surface area contributed by atoms with Gasteiger partial charge in [0.2, 0.25) is 5.95 Å². The first-order valence-electron chi connectivity index (χ1n) is 14.3. The van der Waals surface area contributed by atoms with Crippen LogP contribution in [-0.2, 0) is 12.7 Å². The number of hydrogen-bond donors (Lipinski definition) is 3. The van der Waals surface area contributed by atoms with Gasteiger partial charge < -0.3 is 21.3 Å². The molecule has 0 spiro atoms. The van der Waals surface area contributed by atoms with Crippen LogP contribution in [0.15, 0.2) is 54.6 Å². The van der Waals surface area contributed by atoms with Crippen LogP contribution in [0.4, 0.5) is 36.3 Å². The summed E-state index contributed by atoms with van der Waals surface area (Å²) in [5.74, 6) is 0.597. The Morgan fingerprint density at radius 2 is 1.82 bits per heavy atom. The average Bonchev–Trinajstić information content (AvgIpc) is 3.36. The Kier molecular flexibility index (Phi) is 8.88. The third-order valence-corrected chi connectivity index (χ3v) is 7.77. The molecule has 3 heterocycles. The second-order valence-corrected chi connectivity index (χ2v) is 11.3.